The van der Waals surface area contributed by atoms with Crippen LogP contribution in [0.2, 0.25) is 0 Å². The van der Waals surface area contributed by atoms with Crippen LogP contribution in [-0.4, -0.2) is 32.2 Å². The molecule has 2 N–H and O–H groups in total. The molecule has 102 valence electrons. The lowest BCUT2D eigenvalue weighted by Gasteiger charge is -2.05. The van der Waals surface area contributed by atoms with Crippen LogP contribution in [0.5, 0.6) is 0 Å². The van der Waals surface area contributed by atoms with Crippen molar-refractivity contribution in [2.75, 3.05) is 11.9 Å². The molecule has 6 nitrogen and oxygen atoms in total. The number of carboxylic acid groups (broad SMARTS) is 1. The van der Waals surface area contributed by atoms with Gasteiger partial charge in [0.05, 0.1) is 6.20 Å². The first-order valence-electron chi connectivity index (χ1n) is 6.52. The molecule has 0 aliphatic heterocycles. The van der Waals surface area contributed by atoms with Gasteiger partial charge in [0, 0.05) is 25.2 Å². The molecule has 0 aromatic carbocycles. The lowest BCUT2D eigenvalue weighted by atomic mass is 10.1. The summed E-state index contributed by atoms with van der Waals surface area (Å²) in [4.78, 5) is 14.7. The van der Waals surface area contributed by atoms with E-state index in [9.17, 15) is 4.79 Å². The fourth-order valence-corrected chi connectivity index (χ4v) is 1.88. The smallest absolute Gasteiger partial charge is 0.303 e. The Bertz CT molecular complexity index is 538. The maximum Gasteiger partial charge on any atom is 0.303 e. The third-order valence-electron chi connectivity index (χ3n) is 2.88. The fraction of sp³-hybridized carbons (Fsp3) is 0.462. The van der Waals surface area contributed by atoms with E-state index in [0.717, 1.165) is 43.7 Å². The molecule has 0 saturated carbocycles. The summed E-state index contributed by atoms with van der Waals surface area (Å²) < 4.78 is 1.72. The Morgan fingerprint density at radius 3 is 2.95 bits per heavy atom. The average molecular weight is 262 g/mol. The normalized spacial score (nSPS) is 10.7. The van der Waals surface area contributed by atoms with Crippen molar-refractivity contribution in [3.8, 4) is 0 Å². The molecular formula is C13H18N4O2. The number of hydrogen-bond donors (Lipinski definition) is 2. The van der Waals surface area contributed by atoms with Gasteiger partial charge in [0.15, 0.2) is 5.65 Å². The van der Waals surface area contributed by atoms with E-state index in [1.165, 1.54) is 0 Å². The van der Waals surface area contributed by atoms with E-state index in [0.29, 0.717) is 0 Å². The number of rotatable bonds is 8. The van der Waals surface area contributed by atoms with E-state index in [1.54, 1.807) is 10.7 Å². The van der Waals surface area contributed by atoms with E-state index in [-0.39, 0.29) is 6.42 Å². The van der Waals surface area contributed by atoms with Crippen LogP contribution in [0.25, 0.3) is 5.65 Å². The summed E-state index contributed by atoms with van der Waals surface area (Å²) in [5, 5.41) is 15.8. The Kier molecular flexibility index (Phi) is 4.72. The van der Waals surface area contributed by atoms with E-state index in [1.807, 2.05) is 18.3 Å². The summed E-state index contributed by atoms with van der Waals surface area (Å²) in [5.74, 6) is 0.134. The highest BCUT2D eigenvalue weighted by Gasteiger charge is 1.99. The van der Waals surface area contributed by atoms with Crippen molar-refractivity contribution in [1.82, 2.24) is 14.6 Å². The number of aromatic nitrogens is 3. The van der Waals surface area contributed by atoms with Gasteiger partial charge in [-0.25, -0.2) is 9.50 Å². The molecule has 2 rings (SSSR count). The maximum absolute atomic E-state index is 10.3. The Labute approximate surface area is 111 Å². The molecule has 6 heteroatoms. The number of carbonyl (C=O) groups is 1. The van der Waals surface area contributed by atoms with E-state index in [4.69, 9.17) is 5.11 Å². The van der Waals surface area contributed by atoms with Gasteiger partial charge in [-0.05, 0) is 18.9 Å². The van der Waals surface area contributed by atoms with Crippen LogP contribution >= 0.6 is 0 Å². The van der Waals surface area contributed by atoms with Crippen LogP contribution in [0.4, 0.5) is 5.82 Å². The molecule has 2 aromatic heterocycles. The summed E-state index contributed by atoms with van der Waals surface area (Å²) in [6.07, 6.45) is 7.64. The lowest BCUT2D eigenvalue weighted by Crippen LogP contribution is -2.04. The summed E-state index contributed by atoms with van der Waals surface area (Å²) >= 11 is 0. The Hall–Kier alpha value is -2.11. The Morgan fingerprint density at radius 2 is 2.11 bits per heavy atom. The van der Waals surface area contributed by atoms with E-state index < -0.39 is 5.97 Å². The van der Waals surface area contributed by atoms with E-state index >= 15 is 0 Å². The van der Waals surface area contributed by atoms with Crippen LogP contribution in [0.3, 0.4) is 0 Å². The molecule has 0 atom stereocenters. The SMILES string of the molecule is O=C(O)CCCCCCNc1ccn2nccc2n1. The first kappa shape index (κ1) is 13.3. The molecule has 0 aliphatic rings. The fourth-order valence-electron chi connectivity index (χ4n) is 1.88. The number of aliphatic carboxylic acids is 1. The van der Waals surface area contributed by atoms with Crippen molar-refractivity contribution < 1.29 is 9.90 Å². The quantitative estimate of drug-likeness (QED) is 0.713. The summed E-state index contributed by atoms with van der Waals surface area (Å²) in [6.45, 7) is 0.852. The average Bonchev–Trinajstić information content (AvgIpc) is 2.84. The highest BCUT2D eigenvalue weighted by Crippen LogP contribution is 2.07. The van der Waals surface area contributed by atoms with Crippen molar-refractivity contribution in [2.24, 2.45) is 0 Å². The zero-order valence-electron chi connectivity index (χ0n) is 10.7. The highest BCUT2D eigenvalue weighted by atomic mass is 16.4. The summed E-state index contributed by atoms with van der Waals surface area (Å²) in [7, 11) is 0. The molecule has 0 unspecified atom stereocenters. The topological polar surface area (TPSA) is 79.5 Å². The zero-order chi connectivity index (χ0) is 13.5. The molecule has 0 spiro atoms. The van der Waals surface area contributed by atoms with Gasteiger partial charge < -0.3 is 10.4 Å². The predicted molar refractivity (Wildman–Crippen MR) is 72.2 cm³/mol. The van der Waals surface area contributed by atoms with Gasteiger partial charge in [0.2, 0.25) is 0 Å². The molecule has 0 saturated heterocycles. The molecule has 0 radical (unpaired) electrons. The van der Waals surface area contributed by atoms with Gasteiger partial charge in [-0.1, -0.05) is 12.8 Å². The molecular weight excluding hydrogens is 244 g/mol. The number of carboxylic acids is 1. The first-order valence-corrected chi connectivity index (χ1v) is 6.52. The summed E-state index contributed by atoms with van der Waals surface area (Å²) in [6, 6.07) is 3.75. The van der Waals surface area contributed by atoms with Crippen molar-refractivity contribution in [3.05, 3.63) is 24.5 Å². The highest BCUT2D eigenvalue weighted by molar-refractivity contribution is 5.66. The molecule has 2 aromatic rings. The van der Waals surface area contributed by atoms with Gasteiger partial charge in [-0.3, -0.25) is 4.79 Å². The summed E-state index contributed by atoms with van der Waals surface area (Å²) in [5.41, 5.74) is 0.825. The zero-order valence-corrected chi connectivity index (χ0v) is 10.7. The first-order chi connectivity index (χ1) is 9.25. The number of hydrogen-bond acceptors (Lipinski definition) is 4. The standard InChI is InChI=1S/C13H18N4O2/c18-13(19)5-3-1-2-4-8-14-11-7-10-17-12(16-11)6-9-15-17/h6-7,9-10H,1-5,8H2,(H,14,16)(H,18,19). The van der Waals surface area contributed by atoms with Gasteiger partial charge in [0.25, 0.3) is 0 Å². The van der Waals surface area contributed by atoms with Crippen molar-refractivity contribution in [3.63, 3.8) is 0 Å². The number of fused-ring (bicyclic) bond motifs is 1. The van der Waals surface area contributed by atoms with Crippen molar-refractivity contribution in [1.29, 1.82) is 0 Å². The number of nitrogens with zero attached hydrogens (tertiary/aromatic N) is 3. The largest absolute Gasteiger partial charge is 0.481 e. The monoisotopic (exact) mass is 262 g/mol. The Morgan fingerprint density at radius 1 is 1.26 bits per heavy atom. The second-order valence-electron chi connectivity index (χ2n) is 4.43. The van der Waals surface area contributed by atoms with Gasteiger partial charge in [-0.15, -0.1) is 0 Å². The van der Waals surface area contributed by atoms with Crippen LogP contribution in [0.15, 0.2) is 24.5 Å². The lowest BCUT2D eigenvalue weighted by molar-refractivity contribution is -0.137. The molecule has 0 aliphatic carbocycles. The predicted octanol–water partition coefficient (Wildman–Crippen LogP) is 2.18. The molecule has 0 fully saturated rings. The van der Waals surface area contributed by atoms with Crippen LogP contribution in [-0.2, 0) is 4.79 Å². The number of nitrogens with one attached hydrogen (secondary N) is 1. The van der Waals surface area contributed by atoms with Gasteiger partial charge in [0.1, 0.15) is 5.82 Å². The molecule has 2 heterocycles. The minimum absolute atomic E-state index is 0.271. The van der Waals surface area contributed by atoms with Crippen LogP contribution < -0.4 is 5.32 Å². The maximum atomic E-state index is 10.3. The third-order valence-corrected chi connectivity index (χ3v) is 2.88. The third kappa shape index (κ3) is 4.24. The van der Waals surface area contributed by atoms with Crippen LogP contribution in [0.1, 0.15) is 32.1 Å². The van der Waals surface area contributed by atoms with Gasteiger partial charge >= 0.3 is 5.97 Å². The Balaban J connectivity index is 1.64. The van der Waals surface area contributed by atoms with E-state index in [2.05, 4.69) is 15.4 Å². The second kappa shape index (κ2) is 6.72. The molecule has 19 heavy (non-hydrogen) atoms. The number of anilines is 1. The second-order valence-corrected chi connectivity index (χ2v) is 4.43. The minimum Gasteiger partial charge on any atom is -0.481 e. The van der Waals surface area contributed by atoms with Crippen LogP contribution in [0, 0.1) is 0 Å². The molecule has 0 bridgehead atoms. The van der Waals surface area contributed by atoms with Gasteiger partial charge in [-0.2, -0.15) is 5.10 Å². The van der Waals surface area contributed by atoms with Crippen molar-refractivity contribution in [2.45, 2.75) is 32.1 Å². The molecule has 0 amide bonds. The van der Waals surface area contributed by atoms with Crippen molar-refractivity contribution >= 4 is 17.4 Å². The minimum atomic E-state index is -0.712. The number of unbranched alkanes of at least 4 members (excludes halogenated alkanes) is 3.